The molecule has 0 fully saturated rings. The first kappa shape index (κ1) is 11.8. The first-order valence-corrected chi connectivity index (χ1v) is 5.89. The Bertz CT molecular complexity index is 492. The first-order chi connectivity index (χ1) is 8.16. The van der Waals surface area contributed by atoms with Gasteiger partial charge in [0.25, 0.3) is 0 Å². The van der Waals surface area contributed by atoms with Gasteiger partial charge in [-0.15, -0.1) is 0 Å². The molecule has 1 heterocycles. The van der Waals surface area contributed by atoms with Crippen molar-refractivity contribution in [1.29, 1.82) is 0 Å². The molecule has 0 saturated heterocycles. The van der Waals surface area contributed by atoms with Gasteiger partial charge in [0.05, 0.1) is 0 Å². The van der Waals surface area contributed by atoms with Crippen LogP contribution >= 0.6 is 0 Å². The van der Waals surface area contributed by atoms with Gasteiger partial charge in [-0.2, -0.15) is 0 Å². The molecule has 2 N–H and O–H groups in total. The molecule has 0 aliphatic heterocycles. The Kier molecular flexibility index (Phi) is 3.55. The van der Waals surface area contributed by atoms with Gasteiger partial charge < -0.3 is 5.73 Å². The standard InChI is InChI=1S/C15H18N2/c1-11-6-7-13(9-12(11)2)15(16)10-14-5-3-4-8-17-14/h3-9,15H,10,16H2,1-2H3. The summed E-state index contributed by atoms with van der Waals surface area (Å²) in [5.74, 6) is 0. The molecule has 0 amide bonds. The van der Waals surface area contributed by atoms with Crippen molar-refractivity contribution in [2.24, 2.45) is 5.73 Å². The second-order valence-corrected chi connectivity index (χ2v) is 4.48. The second kappa shape index (κ2) is 5.11. The predicted octanol–water partition coefficient (Wildman–Crippen LogP) is 2.94. The molecule has 1 aromatic heterocycles. The van der Waals surface area contributed by atoms with Crippen LogP contribution in [-0.2, 0) is 6.42 Å². The van der Waals surface area contributed by atoms with E-state index in [0.29, 0.717) is 0 Å². The van der Waals surface area contributed by atoms with Crippen LogP contribution in [0.4, 0.5) is 0 Å². The average Bonchev–Trinajstić information content (AvgIpc) is 2.34. The van der Waals surface area contributed by atoms with Crippen LogP contribution in [0.2, 0.25) is 0 Å². The third-order valence-electron chi connectivity index (χ3n) is 3.11. The maximum atomic E-state index is 6.21. The van der Waals surface area contributed by atoms with E-state index in [2.05, 4.69) is 37.0 Å². The van der Waals surface area contributed by atoms with Crippen LogP contribution in [0, 0.1) is 13.8 Å². The summed E-state index contributed by atoms with van der Waals surface area (Å²) < 4.78 is 0. The number of rotatable bonds is 3. The van der Waals surface area contributed by atoms with E-state index in [-0.39, 0.29) is 6.04 Å². The Labute approximate surface area is 103 Å². The summed E-state index contributed by atoms with van der Waals surface area (Å²) in [6.45, 7) is 4.23. The van der Waals surface area contributed by atoms with Crippen molar-refractivity contribution in [3.8, 4) is 0 Å². The Morgan fingerprint density at radius 2 is 1.94 bits per heavy atom. The third kappa shape index (κ3) is 2.92. The number of pyridine rings is 1. The normalized spacial score (nSPS) is 12.4. The lowest BCUT2D eigenvalue weighted by Gasteiger charge is -2.13. The van der Waals surface area contributed by atoms with E-state index < -0.39 is 0 Å². The number of aromatic nitrogens is 1. The van der Waals surface area contributed by atoms with Crippen molar-refractivity contribution < 1.29 is 0 Å². The average molecular weight is 226 g/mol. The number of benzene rings is 1. The molecule has 0 saturated carbocycles. The fraction of sp³-hybridized carbons (Fsp3) is 0.267. The van der Waals surface area contributed by atoms with Crippen molar-refractivity contribution in [2.75, 3.05) is 0 Å². The second-order valence-electron chi connectivity index (χ2n) is 4.48. The van der Waals surface area contributed by atoms with Gasteiger partial charge in [0.15, 0.2) is 0 Å². The van der Waals surface area contributed by atoms with Gasteiger partial charge in [-0.05, 0) is 42.7 Å². The van der Waals surface area contributed by atoms with Crippen LogP contribution < -0.4 is 5.73 Å². The van der Waals surface area contributed by atoms with Gasteiger partial charge >= 0.3 is 0 Å². The van der Waals surface area contributed by atoms with E-state index in [1.165, 1.54) is 16.7 Å². The van der Waals surface area contributed by atoms with Crippen molar-refractivity contribution in [3.63, 3.8) is 0 Å². The number of nitrogens with two attached hydrogens (primary N) is 1. The zero-order valence-electron chi connectivity index (χ0n) is 10.4. The number of hydrogen-bond acceptors (Lipinski definition) is 2. The monoisotopic (exact) mass is 226 g/mol. The van der Waals surface area contributed by atoms with Crippen LogP contribution in [0.3, 0.4) is 0 Å². The predicted molar refractivity (Wildman–Crippen MR) is 70.8 cm³/mol. The van der Waals surface area contributed by atoms with Crippen LogP contribution in [0.5, 0.6) is 0 Å². The molecule has 1 unspecified atom stereocenters. The van der Waals surface area contributed by atoms with Crippen LogP contribution in [-0.4, -0.2) is 4.98 Å². The number of hydrogen-bond donors (Lipinski definition) is 1. The Morgan fingerprint density at radius 3 is 2.59 bits per heavy atom. The molecule has 2 rings (SSSR count). The van der Waals surface area contributed by atoms with Crippen molar-refractivity contribution in [3.05, 3.63) is 65.0 Å². The molecule has 0 spiro atoms. The summed E-state index contributed by atoms with van der Waals surface area (Å²) >= 11 is 0. The molecule has 0 aliphatic carbocycles. The minimum atomic E-state index is 0.0178. The fourth-order valence-corrected chi connectivity index (χ4v) is 1.86. The summed E-state index contributed by atoms with van der Waals surface area (Å²) in [5, 5.41) is 0. The molecule has 88 valence electrons. The number of nitrogens with zero attached hydrogens (tertiary/aromatic N) is 1. The van der Waals surface area contributed by atoms with Crippen LogP contribution in [0.25, 0.3) is 0 Å². The zero-order chi connectivity index (χ0) is 12.3. The quantitative estimate of drug-likeness (QED) is 0.874. The summed E-state index contributed by atoms with van der Waals surface area (Å²) in [4.78, 5) is 4.30. The SMILES string of the molecule is Cc1ccc(C(N)Cc2ccccn2)cc1C. The maximum Gasteiger partial charge on any atom is 0.0422 e. The van der Waals surface area contributed by atoms with Crippen molar-refractivity contribution >= 4 is 0 Å². The molecular weight excluding hydrogens is 208 g/mol. The zero-order valence-corrected chi connectivity index (χ0v) is 10.4. The Morgan fingerprint density at radius 1 is 1.12 bits per heavy atom. The molecule has 0 bridgehead atoms. The van der Waals surface area contributed by atoms with Gasteiger partial charge in [-0.25, -0.2) is 0 Å². The summed E-state index contributed by atoms with van der Waals surface area (Å²) in [5.41, 5.74) is 11.0. The van der Waals surface area contributed by atoms with Gasteiger partial charge in [-0.1, -0.05) is 24.3 Å². The first-order valence-electron chi connectivity index (χ1n) is 5.89. The molecule has 2 heteroatoms. The lowest BCUT2D eigenvalue weighted by Crippen LogP contribution is -2.14. The highest BCUT2D eigenvalue weighted by Crippen LogP contribution is 2.18. The van der Waals surface area contributed by atoms with Crippen LogP contribution in [0.15, 0.2) is 42.6 Å². The third-order valence-corrected chi connectivity index (χ3v) is 3.11. The smallest absolute Gasteiger partial charge is 0.0422 e. The van der Waals surface area contributed by atoms with Gasteiger partial charge in [0, 0.05) is 24.4 Å². The van der Waals surface area contributed by atoms with E-state index >= 15 is 0 Å². The lowest BCUT2D eigenvalue weighted by atomic mass is 9.98. The molecule has 1 atom stereocenters. The molecule has 17 heavy (non-hydrogen) atoms. The van der Waals surface area contributed by atoms with Crippen LogP contribution in [0.1, 0.15) is 28.4 Å². The highest BCUT2D eigenvalue weighted by Gasteiger charge is 2.08. The molecule has 0 aliphatic rings. The van der Waals surface area contributed by atoms with E-state index in [4.69, 9.17) is 5.73 Å². The summed E-state index contributed by atoms with van der Waals surface area (Å²) in [6.07, 6.45) is 2.59. The topological polar surface area (TPSA) is 38.9 Å². The van der Waals surface area contributed by atoms with Gasteiger partial charge in [0.2, 0.25) is 0 Å². The molecule has 2 nitrogen and oxygen atoms in total. The molecule has 0 radical (unpaired) electrons. The molecular formula is C15H18N2. The Hall–Kier alpha value is -1.67. The van der Waals surface area contributed by atoms with E-state index in [0.717, 1.165) is 12.1 Å². The van der Waals surface area contributed by atoms with Crippen molar-refractivity contribution in [1.82, 2.24) is 4.98 Å². The fourth-order valence-electron chi connectivity index (χ4n) is 1.86. The van der Waals surface area contributed by atoms with E-state index in [1.807, 2.05) is 24.4 Å². The maximum absolute atomic E-state index is 6.21. The molecule has 1 aromatic carbocycles. The van der Waals surface area contributed by atoms with Gasteiger partial charge in [-0.3, -0.25) is 4.98 Å². The number of aryl methyl sites for hydroxylation is 2. The lowest BCUT2D eigenvalue weighted by molar-refractivity contribution is 0.705. The highest BCUT2D eigenvalue weighted by molar-refractivity contribution is 5.32. The van der Waals surface area contributed by atoms with E-state index in [9.17, 15) is 0 Å². The minimum absolute atomic E-state index is 0.0178. The minimum Gasteiger partial charge on any atom is -0.324 e. The van der Waals surface area contributed by atoms with E-state index in [1.54, 1.807) is 0 Å². The Balaban J connectivity index is 2.14. The summed E-state index contributed by atoms with van der Waals surface area (Å²) in [7, 11) is 0. The highest BCUT2D eigenvalue weighted by atomic mass is 14.7. The van der Waals surface area contributed by atoms with Gasteiger partial charge in [0.1, 0.15) is 0 Å². The largest absolute Gasteiger partial charge is 0.324 e. The molecule has 2 aromatic rings. The summed E-state index contributed by atoms with van der Waals surface area (Å²) in [6, 6.07) is 12.4. The van der Waals surface area contributed by atoms with Crippen molar-refractivity contribution in [2.45, 2.75) is 26.3 Å².